The maximum absolute atomic E-state index is 11.8. The van der Waals surface area contributed by atoms with Gasteiger partial charge in [0.25, 0.3) is 0 Å². The van der Waals surface area contributed by atoms with Crippen molar-refractivity contribution in [2.24, 2.45) is 4.99 Å². The lowest BCUT2D eigenvalue weighted by molar-refractivity contribution is 0.0600. The molecule has 2 unspecified atom stereocenters. The van der Waals surface area contributed by atoms with Crippen molar-refractivity contribution in [2.75, 3.05) is 7.11 Å². The highest BCUT2D eigenvalue weighted by Crippen LogP contribution is 2.35. The standard InChI is InChI=1S/C25H23ClN2O3/c1-15-3-5-16(6-4-15)21-14-22(20-13-19(26)11-12-23(20)29)28-24(27-21)17-7-9-18(10-8-17)25(30)31-2/h3-13,22,24,28-29H,14H2,1-2H3. The molecule has 0 spiro atoms. The number of esters is 1. The minimum absolute atomic E-state index is 0.183. The van der Waals surface area contributed by atoms with E-state index < -0.39 is 0 Å². The summed E-state index contributed by atoms with van der Waals surface area (Å²) in [5.41, 5.74) is 5.26. The number of ether oxygens (including phenoxy) is 1. The Morgan fingerprint density at radius 1 is 1.10 bits per heavy atom. The number of aliphatic imine (C=N–C) groups is 1. The number of halogens is 1. The van der Waals surface area contributed by atoms with Crippen molar-refractivity contribution in [1.82, 2.24) is 5.32 Å². The predicted molar refractivity (Wildman–Crippen MR) is 122 cm³/mol. The third kappa shape index (κ3) is 4.63. The van der Waals surface area contributed by atoms with Crippen LogP contribution in [0.1, 0.15) is 51.2 Å². The van der Waals surface area contributed by atoms with E-state index in [4.69, 9.17) is 21.3 Å². The predicted octanol–water partition coefficient (Wildman–Crippen LogP) is 5.36. The molecule has 1 aliphatic rings. The Bertz CT molecular complexity index is 1120. The number of phenols is 1. The van der Waals surface area contributed by atoms with Gasteiger partial charge in [-0.2, -0.15) is 0 Å². The second-order valence-corrected chi connectivity index (χ2v) is 8.02. The first-order valence-corrected chi connectivity index (χ1v) is 10.4. The van der Waals surface area contributed by atoms with Crippen molar-refractivity contribution in [1.29, 1.82) is 0 Å². The molecule has 0 amide bonds. The molecular weight excluding hydrogens is 412 g/mol. The number of rotatable bonds is 4. The van der Waals surface area contributed by atoms with Crippen LogP contribution in [0.15, 0.2) is 71.7 Å². The Morgan fingerprint density at radius 3 is 2.48 bits per heavy atom. The van der Waals surface area contributed by atoms with Gasteiger partial charge in [0.1, 0.15) is 11.9 Å². The Morgan fingerprint density at radius 2 is 1.81 bits per heavy atom. The van der Waals surface area contributed by atoms with E-state index >= 15 is 0 Å². The molecule has 3 aromatic carbocycles. The molecule has 2 N–H and O–H groups in total. The molecule has 0 fully saturated rings. The van der Waals surface area contributed by atoms with Crippen LogP contribution >= 0.6 is 11.6 Å². The van der Waals surface area contributed by atoms with Crippen LogP contribution in [0.3, 0.4) is 0 Å². The lowest BCUT2D eigenvalue weighted by atomic mass is 9.93. The fourth-order valence-corrected chi connectivity index (χ4v) is 3.90. The van der Waals surface area contributed by atoms with Crippen LogP contribution in [-0.4, -0.2) is 23.9 Å². The zero-order valence-corrected chi connectivity index (χ0v) is 18.1. The Balaban J connectivity index is 1.73. The second kappa shape index (κ2) is 8.92. The van der Waals surface area contributed by atoms with E-state index in [0.717, 1.165) is 22.4 Å². The monoisotopic (exact) mass is 434 g/mol. The van der Waals surface area contributed by atoms with Crippen LogP contribution in [0.25, 0.3) is 0 Å². The molecule has 31 heavy (non-hydrogen) atoms. The van der Waals surface area contributed by atoms with Crippen molar-refractivity contribution in [3.63, 3.8) is 0 Å². The first-order valence-electron chi connectivity index (χ1n) is 10.0. The third-order valence-corrected chi connectivity index (χ3v) is 5.67. The summed E-state index contributed by atoms with van der Waals surface area (Å²) in [7, 11) is 1.36. The fraction of sp³-hybridized carbons (Fsp3) is 0.200. The molecule has 2 atom stereocenters. The molecular formula is C25H23ClN2O3. The zero-order valence-electron chi connectivity index (χ0n) is 17.3. The fourth-order valence-electron chi connectivity index (χ4n) is 3.72. The van der Waals surface area contributed by atoms with E-state index in [1.165, 1.54) is 12.7 Å². The minimum atomic E-state index is -0.381. The zero-order chi connectivity index (χ0) is 22.0. The number of carbonyl (C=O) groups is 1. The van der Waals surface area contributed by atoms with Crippen molar-refractivity contribution in [3.8, 4) is 5.75 Å². The van der Waals surface area contributed by atoms with Crippen molar-refractivity contribution < 1.29 is 14.6 Å². The Kier molecular flexibility index (Phi) is 6.07. The van der Waals surface area contributed by atoms with E-state index in [0.29, 0.717) is 17.0 Å². The van der Waals surface area contributed by atoms with E-state index in [9.17, 15) is 9.90 Å². The highest BCUT2D eigenvalue weighted by molar-refractivity contribution is 6.30. The number of aromatic hydroxyl groups is 1. The van der Waals surface area contributed by atoms with Crippen LogP contribution in [0.5, 0.6) is 5.75 Å². The maximum Gasteiger partial charge on any atom is 0.337 e. The number of nitrogens with zero attached hydrogens (tertiary/aromatic N) is 1. The van der Waals surface area contributed by atoms with Gasteiger partial charge in [0.15, 0.2) is 0 Å². The highest BCUT2D eigenvalue weighted by Gasteiger charge is 2.28. The molecule has 4 rings (SSSR count). The third-order valence-electron chi connectivity index (χ3n) is 5.44. The molecule has 0 saturated heterocycles. The summed E-state index contributed by atoms with van der Waals surface area (Å²) in [6.45, 7) is 2.05. The number of methoxy groups -OCH3 is 1. The van der Waals surface area contributed by atoms with E-state index in [1.54, 1.807) is 30.3 Å². The normalized spacial score (nSPS) is 18.4. The van der Waals surface area contributed by atoms with Crippen LogP contribution in [0.2, 0.25) is 5.02 Å². The number of aryl methyl sites for hydroxylation is 1. The molecule has 1 heterocycles. The molecule has 0 aliphatic carbocycles. The van der Waals surface area contributed by atoms with Crippen molar-refractivity contribution in [3.05, 3.63) is 99.6 Å². The number of phenolic OH excluding ortho intramolecular Hbond substituents is 1. The molecule has 5 nitrogen and oxygen atoms in total. The Hall–Kier alpha value is -3.15. The summed E-state index contributed by atoms with van der Waals surface area (Å²) >= 11 is 6.21. The Labute approximate surface area is 186 Å². The largest absolute Gasteiger partial charge is 0.508 e. The van der Waals surface area contributed by atoms with Gasteiger partial charge in [0, 0.05) is 28.8 Å². The van der Waals surface area contributed by atoms with Crippen molar-refractivity contribution in [2.45, 2.75) is 25.6 Å². The first-order chi connectivity index (χ1) is 14.9. The van der Waals surface area contributed by atoms with Crippen LogP contribution in [0.4, 0.5) is 0 Å². The van der Waals surface area contributed by atoms with Gasteiger partial charge in [-0.1, -0.05) is 53.6 Å². The van der Waals surface area contributed by atoms with Gasteiger partial charge >= 0.3 is 5.97 Å². The summed E-state index contributed by atoms with van der Waals surface area (Å²) < 4.78 is 4.78. The lowest BCUT2D eigenvalue weighted by Crippen LogP contribution is -2.33. The first kappa shape index (κ1) is 21.1. The van der Waals surface area contributed by atoms with Gasteiger partial charge in [0.2, 0.25) is 0 Å². The SMILES string of the molecule is COC(=O)c1ccc(C2N=C(c3ccc(C)cc3)CC(c3cc(Cl)ccc3O)N2)cc1. The molecule has 0 radical (unpaired) electrons. The smallest absolute Gasteiger partial charge is 0.337 e. The van der Waals surface area contributed by atoms with Gasteiger partial charge in [-0.05, 0) is 48.4 Å². The minimum Gasteiger partial charge on any atom is -0.508 e. The summed E-state index contributed by atoms with van der Waals surface area (Å²) in [6, 6.07) is 20.3. The summed E-state index contributed by atoms with van der Waals surface area (Å²) in [5, 5.41) is 14.5. The number of hydrogen-bond acceptors (Lipinski definition) is 5. The van der Waals surface area contributed by atoms with Gasteiger partial charge in [0.05, 0.1) is 12.7 Å². The van der Waals surface area contributed by atoms with Crippen LogP contribution in [-0.2, 0) is 4.74 Å². The van der Waals surface area contributed by atoms with Crippen molar-refractivity contribution >= 4 is 23.3 Å². The number of benzene rings is 3. The van der Waals surface area contributed by atoms with Gasteiger partial charge in [-0.25, -0.2) is 4.79 Å². The molecule has 3 aromatic rings. The summed E-state index contributed by atoms with van der Waals surface area (Å²) in [4.78, 5) is 16.7. The topological polar surface area (TPSA) is 70.9 Å². The summed E-state index contributed by atoms with van der Waals surface area (Å²) in [6.07, 6.45) is 0.258. The molecule has 0 aromatic heterocycles. The van der Waals surface area contributed by atoms with Crippen LogP contribution in [0, 0.1) is 6.92 Å². The number of hydrogen-bond donors (Lipinski definition) is 2. The summed E-state index contributed by atoms with van der Waals surface area (Å²) in [5.74, 6) is -0.194. The lowest BCUT2D eigenvalue weighted by Gasteiger charge is -2.31. The average Bonchev–Trinajstić information content (AvgIpc) is 2.80. The molecule has 0 saturated carbocycles. The molecule has 1 aliphatic heterocycles. The van der Waals surface area contributed by atoms with E-state index in [2.05, 4.69) is 29.6 Å². The number of nitrogens with one attached hydrogen (secondary N) is 1. The van der Waals surface area contributed by atoms with E-state index in [-0.39, 0.29) is 23.9 Å². The van der Waals surface area contributed by atoms with E-state index in [1.807, 2.05) is 19.1 Å². The molecule has 158 valence electrons. The average molecular weight is 435 g/mol. The second-order valence-electron chi connectivity index (χ2n) is 7.58. The quantitative estimate of drug-likeness (QED) is 0.542. The molecule has 6 heteroatoms. The van der Waals surface area contributed by atoms with Crippen LogP contribution < -0.4 is 5.32 Å². The van der Waals surface area contributed by atoms with Gasteiger partial charge in [-0.15, -0.1) is 0 Å². The molecule has 0 bridgehead atoms. The maximum atomic E-state index is 11.8. The van der Waals surface area contributed by atoms with Gasteiger partial charge in [-0.3, -0.25) is 10.3 Å². The highest BCUT2D eigenvalue weighted by atomic mass is 35.5. The number of carbonyl (C=O) groups excluding carboxylic acids is 1. The van der Waals surface area contributed by atoms with Gasteiger partial charge < -0.3 is 9.84 Å².